The molecule has 0 amide bonds. The molecule has 1 aromatic carbocycles. The lowest BCUT2D eigenvalue weighted by Gasteiger charge is -2.31. The van der Waals surface area contributed by atoms with Gasteiger partial charge in [-0.15, -0.1) is 0 Å². The fourth-order valence-electron chi connectivity index (χ4n) is 3.11. The van der Waals surface area contributed by atoms with Crippen molar-refractivity contribution < 1.29 is 14.4 Å². The molecule has 7 heteroatoms. The van der Waals surface area contributed by atoms with Crippen molar-refractivity contribution in [2.75, 3.05) is 96.9 Å². The van der Waals surface area contributed by atoms with Gasteiger partial charge in [-0.1, -0.05) is 14.4 Å². The third-order valence-electron chi connectivity index (χ3n) is 4.85. The van der Waals surface area contributed by atoms with Crippen LogP contribution in [0.4, 0.5) is 11.4 Å². The molecular formula is C21H42N5O2+. The summed E-state index contributed by atoms with van der Waals surface area (Å²) in [6, 6.07) is 5.88. The van der Waals surface area contributed by atoms with Gasteiger partial charge >= 0.3 is 0 Å². The number of ether oxygens (including phenoxy) is 2. The van der Waals surface area contributed by atoms with Crippen LogP contribution in [0.1, 0.15) is 14.4 Å². The smallest absolute Gasteiger partial charge is 0.144 e. The highest BCUT2D eigenvalue weighted by atomic mass is 16.5. The standard InChI is InChI=1S/C20H37N5O2.CH4/c1-4-24(11-10-23(2)3)12-15-26-14-8-22-7-9-25-13-16-27-20-17-18(21)5-6-19(20)25;/h5-6,17,22H,4,7-16,21H2,1-3H3;1H4/p+1. The van der Waals surface area contributed by atoms with E-state index in [4.69, 9.17) is 15.2 Å². The first-order valence-electron chi connectivity index (χ1n) is 10.2. The van der Waals surface area contributed by atoms with Crippen LogP contribution in [0.2, 0.25) is 0 Å². The van der Waals surface area contributed by atoms with Crippen molar-refractivity contribution in [2.45, 2.75) is 14.4 Å². The van der Waals surface area contributed by atoms with E-state index in [1.165, 1.54) is 11.4 Å². The molecule has 2 rings (SSSR count). The lowest BCUT2D eigenvalue weighted by Crippen LogP contribution is -3.06. The van der Waals surface area contributed by atoms with Gasteiger partial charge in [-0.3, -0.25) is 4.90 Å². The molecule has 0 saturated heterocycles. The van der Waals surface area contributed by atoms with Crippen molar-refractivity contribution in [3.05, 3.63) is 18.2 Å². The molecule has 162 valence electrons. The second-order valence-electron chi connectivity index (χ2n) is 7.32. The number of fused-ring (bicyclic) bond motifs is 1. The molecule has 0 radical (unpaired) electrons. The molecule has 0 bridgehead atoms. The lowest BCUT2D eigenvalue weighted by atomic mass is 10.2. The predicted octanol–water partition coefficient (Wildman–Crippen LogP) is 0.176. The van der Waals surface area contributed by atoms with Gasteiger partial charge in [-0.05, 0) is 18.7 Å². The van der Waals surface area contributed by atoms with Gasteiger partial charge in [0.05, 0.1) is 46.1 Å². The zero-order valence-electron chi connectivity index (χ0n) is 17.3. The fraction of sp³-hybridized carbons (Fsp3) is 0.714. The summed E-state index contributed by atoms with van der Waals surface area (Å²) in [4.78, 5) is 6.28. The maximum absolute atomic E-state index is 5.84. The Morgan fingerprint density at radius 1 is 1.25 bits per heavy atom. The summed E-state index contributed by atoms with van der Waals surface area (Å²) < 4.78 is 11.5. The number of nitrogens with two attached hydrogens (primary N) is 1. The minimum Gasteiger partial charge on any atom is -0.489 e. The number of hydrogen-bond acceptors (Lipinski definition) is 6. The summed E-state index contributed by atoms with van der Waals surface area (Å²) in [6.45, 7) is 12.6. The summed E-state index contributed by atoms with van der Waals surface area (Å²) in [5.41, 5.74) is 7.71. The Kier molecular flexibility index (Phi) is 11.9. The number of nitrogens with zero attached hydrogens (tertiary/aromatic N) is 2. The topological polar surface area (TPSA) is 67.4 Å². The SMILES string of the molecule is C.CCN(CCOCCNCCN1CCOc2cc(N)ccc21)CC[NH+](C)C. The third kappa shape index (κ3) is 8.65. The minimum absolute atomic E-state index is 0. The van der Waals surface area contributed by atoms with Crippen molar-refractivity contribution in [1.29, 1.82) is 0 Å². The molecule has 7 nitrogen and oxygen atoms in total. The first kappa shape index (κ1) is 24.5. The van der Waals surface area contributed by atoms with Crippen LogP contribution in [-0.2, 0) is 4.74 Å². The molecular weight excluding hydrogens is 354 g/mol. The molecule has 4 N–H and O–H groups in total. The highest BCUT2D eigenvalue weighted by molar-refractivity contribution is 5.65. The lowest BCUT2D eigenvalue weighted by molar-refractivity contribution is -0.857. The number of nitrogen functional groups attached to an aromatic ring is 1. The zero-order chi connectivity index (χ0) is 19.5. The van der Waals surface area contributed by atoms with Gasteiger partial charge in [-0.25, -0.2) is 0 Å². The molecule has 1 aliphatic heterocycles. The van der Waals surface area contributed by atoms with Crippen molar-refractivity contribution in [2.24, 2.45) is 0 Å². The minimum atomic E-state index is 0. The predicted molar refractivity (Wildman–Crippen MR) is 119 cm³/mol. The Balaban J connectivity index is 0.00000392. The van der Waals surface area contributed by atoms with Crippen molar-refractivity contribution in [3.8, 4) is 5.75 Å². The quantitative estimate of drug-likeness (QED) is 0.326. The molecule has 0 atom stereocenters. The van der Waals surface area contributed by atoms with E-state index in [1.807, 2.05) is 18.2 Å². The molecule has 28 heavy (non-hydrogen) atoms. The van der Waals surface area contributed by atoms with Crippen LogP contribution in [0.3, 0.4) is 0 Å². The highest BCUT2D eigenvalue weighted by Gasteiger charge is 2.17. The first-order chi connectivity index (χ1) is 13.1. The zero-order valence-corrected chi connectivity index (χ0v) is 17.3. The molecule has 0 aliphatic carbocycles. The number of anilines is 2. The Bertz CT molecular complexity index is 542. The number of hydrogen-bond donors (Lipinski definition) is 3. The van der Waals surface area contributed by atoms with Crippen LogP contribution in [0.25, 0.3) is 0 Å². The monoisotopic (exact) mass is 396 g/mol. The second kappa shape index (κ2) is 13.6. The first-order valence-corrected chi connectivity index (χ1v) is 10.2. The van der Waals surface area contributed by atoms with Gasteiger partial charge in [0.1, 0.15) is 12.4 Å². The van der Waals surface area contributed by atoms with Crippen LogP contribution in [-0.4, -0.2) is 91.2 Å². The maximum Gasteiger partial charge on any atom is 0.144 e. The van der Waals surface area contributed by atoms with E-state index < -0.39 is 0 Å². The Morgan fingerprint density at radius 3 is 2.82 bits per heavy atom. The summed E-state index contributed by atoms with van der Waals surface area (Å²) in [7, 11) is 4.39. The van der Waals surface area contributed by atoms with E-state index in [0.717, 1.165) is 76.2 Å². The number of quaternary nitrogens is 1. The van der Waals surface area contributed by atoms with Crippen LogP contribution in [0.15, 0.2) is 18.2 Å². The number of benzene rings is 1. The van der Waals surface area contributed by atoms with Gasteiger partial charge in [0.2, 0.25) is 0 Å². The van der Waals surface area contributed by atoms with Gasteiger partial charge in [-0.2, -0.15) is 0 Å². The fourth-order valence-corrected chi connectivity index (χ4v) is 3.11. The molecule has 1 heterocycles. The molecule has 0 spiro atoms. The largest absolute Gasteiger partial charge is 0.489 e. The van der Waals surface area contributed by atoms with Gasteiger partial charge in [0, 0.05) is 44.5 Å². The van der Waals surface area contributed by atoms with E-state index in [2.05, 4.69) is 36.1 Å². The molecule has 1 aromatic rings. The number of rotatable bonds is 13. The summed E-state index contributed by atoms with van der Waals surface area (Å²) >= 11 is 0. The summed E-state index contributed by atoms with van der Waals surface area (Å²) in [5.74, 6) is 0.890. The van der Waals surface area contributed by atoms with E-state index in [0.29, 0.717) is 6.61 Å². The molecule has 0 aromatic heterocycles. The van der Waals surface area contributed by atoms with Crippen LogP contribution < -0.4 is 25.6 Å². The number of likely N-dealkylation sites (N-methyl/N-ethyl adjacent to an activating group) is 2. The Morgan fingerprint density at radius 2 is 2.07 bits per heavy atom. The average Bonchev–Trinajstić information content (AvgIpc) is 2.65. The molecule has 0 fully saturated rings. The van der Waals surface area contributed by atoms with Crippen LogP contribution in [0.5, 0.6) is 5.75 Å². The Labute approximate surface area is 171 Å². The maximum atomic E-state index is 5.84. The van der Waals surface area contributed by atoms with Gasteiger partial charge in [0.25, 0.3) is 0 Å². The van der Waals surface area contributed by atoms with Crippen molar-refractivity contribution in [1.82, 2.24) is 10.2 Å². The van der Waals surface area contributed by atoms with E-state index in [1.54, 1.807) is 0 Å². The average molecular weight is 397 g/mol. The third-order valence-corrected chi connectivity index (χ3v) is 4.85. The van der Waals surface area contributed by atoms with Crippen molar-refractivity contribution in [3.63, 3.8) is 0 Å². The Hall–Kier alpha value is -1.54. The number of nitrogens with one attached hydrogen (secondary N) is 2. The van der Waals surface area contributed by atoms with Crippen LogP contribution >= 0.6 is 0 Å². The van der Waals surface area contributed by atoms with Crippen LogP contribution in [0, 0.1) is 0 Å². The van der Waals surface area contributed by atoms with Gasteiger partial charge in [0.15, 0.2) is 0 Å². The summed E-state index contributed by atoms with van der Waals surface area (Å²) in [6.07, 6.45) is 0. The molecule has 1 aliphatic rings. The van der Waals surface area contributed by atoms with E-state index >= 15 is 0 Å². The summed E-state index contributed by atoms with van der Waals surface area (Å²) in [5, 5.41) is 3.47. The normalized spacial score (nSPS) is 13.4. The second-order valence-corrected chi connectivity index (χ2v) is 7.32. The molecule has 0 unspecified atom stereocenters. The highest BCUT2D eigenvalue weighted by Crippen LogP contribution is 2.32. The van der Waals surface area contributed by atoms with E-state index in [-0.39, 0.29) is 7.43 Å². The van der Waals surface area contributed by atoms with Crippen molar-refractivity contribution >= 4 is 11.4 Å². The van der Waals surface area contributed by atoms with Gasteiger partial charge < -0.3 is 30.3 Å². The van der Waals surface area contributed by atoms with E-state index in [9.17, 15) is 0 Å². The molecule has 0 saturated carbocycles.